The van der Waals surface area contributed by atoms with E-state index in [4.69, 9.17) is 28.4 Å². The third kappa shape index (κ3) is 15.6. The molecule has 2 amide bonds. The number of methoxy groups -OCH3 is 3. The molecule has 2 unspecified atom stereocenters. The Balaban J connectivity index is 1.77. The van der Waals surface area contributed by atoms with Gasteiger partial charge in [0.15, 0.2) is 11.6 Å². The molecule has 3 fully saturated rings. The van der Waals surface area contributed by atoms with Crippen LogP contribution in [0.5, 0.6) is 0 Å². The number of aliphatic hydroxyl groups excluding tert-OH is 2. The van der Waals surface area contributed by atoms with Gasteiger partial charge in [-0.25, -0.2) is 9.59 Å². The number of carbonyl (C=O) groups excluding carboxylic acids is 5. The molecule has 16 heteroatoms. The topological polar surface area (TPSA) is 217 Å². The number of ether oxygens (including phenoxy) is 6. The molecule has 4 aliphatic rings. The number of rotatable bonds is 7. The van der Waals surface area contributed by atoms with Crippen molar-refractivity contribution in [3.63, 3.8) is 0 Å². The van der Waals surface area contributed by atoms with Crippen molar-refractivity contribution in [2.45, 2.75) is 186 Å². The van der Waals surface area contributed by atoms with Crippen molar-refractivity contribution in [3.05, 3.63) is 47.6 Å². The second-order valence-corrected chi connectivity index (χ2v) is 20.4. The van der Waals surface area contributed by atoms with Gasteiger partial charge in [-0.15, -0.1) is 0 Å². The Morgan fingerprint density at radius 3 is 2.30 bits per heavy atom. The lowest BCUT2D eigenvalue weighted by Gasteiger charge is -2.47. The number of esters is 1. The van der Waals surface area contributed by atoms with Crippen LogP contribution in [0.2, 0.25) is 0 Å². The zero-order chi connectivity index (χ0) is 51.2. The Labute approximate surface area is 410 Å². The number of nitrogens with zero attached hydrogens (tertiary/aromatic N) is 1. The maximum absolute atomic E-state index is 14.9. The Morgan fingerprint density at radius 1 is 0.913 bits per heavy atom. The van der Waals surface area contributed by atoms with Gasteiger partial charge in [0.05, 0.1) is 30.5 Å². The standard InChI is InChI=1S/C53H84N2O14/c1-31-17-13-12-14-18-32(2)43(64-9)29-39-22-20-37(7)53(63,69-39)49(68-52(62)54-8)50(60)55-24-16-15-19-40(55)51(61)67-44(34(4)27-38-21-23-41(56)45(28-38)65-10)30-42(57)33(3)26-36(6)47(59)48(66-11)46(58)35(5)25-31/h12-14,17-18,26,31,34-41,43-45,47-49,56,59,63H,15-16,19-25,27-30H2,1-11H3,(H,54,62)/t31-,34-,35-,36?,37-,38+,39+,40?,41-,43+,44+,45-,47-,48+,49-,53-/m1/s1. The number of allylic oxidation sites excluding steroid dienone is 6. The fraction of sp³-hybridized carbons (Fsp3) is 0.755. The van der Waals surface area contributed by atoms with Crippen molar-refractivity contribution < 1.29 is 67.7 Å². The molecule has 0 aromatic heterocycles. The Morgan fingerprint density at radius 2 is 1.64 bits per heavy atom. The van der Waals surface area contributed by atoms with Gasteiger partial charge >= 0.3 is 12.1 Å². The number of hydrogen-bond acceptors (Lipinski definition) is 14. The first-order chi connectivity index (χ1) is 32.7. The highest BCUT2D eigenvalue weighted by Gasteiger charge is 2.56. The van der Waals surface area contributed by atoms with E-state index in [9.17, 15) is 39.3 Å². The fourth-order valence-corrected chi connectivity index (χ4v) is 10.6. The number of nitrogens with one attached hydrogen (secondary N) is 1. The second kappa shape index (κ2) is 27.2. The number of aliphatic hydroxyl groups is 3. The van der Waals surface area contributed by atoms with Gasteiger partial charge in [-0.2, -0.15) is 0 Å². The van der Waals surface area contributed by atoms with Crippen LogP contribution in [-0.2, 0) is 47.6 Å². The quantitative estimate of drug-likeness (QED) is 0.205. The SMILES string of the molecule is CNC(=O)O[C@@H]1C(=O)N2CCCCC2C(=O)O[C@H]([C@H](C)C[C@@H]2CC[C@@H](O)[C@H](OC)C2)CC(=O)C(C)=CC(C)[C@@H](O)[C@@H](OC)C(=O)[C@H](C)C[C@H](C)C=CC=CC=C(C)[C@@H](OC)C[C@@H]2CC[C@@H](C)[C@@]1(O)O2. The molecule has 69 heavy (non-hydrogen) atoms. The van der Waals surface area contributed by atoms with Crippen LogP contribution in [0.15, 0.2) is 47.6 Å². The predicted octanol–water partition coefficient (Wildman–Crippen LogP) is 6.34. The molecule has 0 aromatic rings. The number of carbonyl (C=O) groups is 5. The summed E-state index contributed by atoms with van der Waals surface area (Å²) in [5, 5.41) is 36.9. The zero-order valence-corrected chi connectivity index (χ0v) is 43.1. The second-order valence-electron chi connectivity index (χ2n) is 20.4. The van der Waals surface area contributed by atoms with E-state index in [0.29, 0.717) is 69.8 Å². The normalized spacial score (nSPS) is 37.2. The summed E-state index contributed by atoms with van der Waals surface area (Å²) in [4.78, 5) is 71.8. The molecule has 16 nitrogen and oxygen atoms in total. The van der Waals surface area contributed by atoms with Crippen LogP contribution in [0.4, 0.5) is 4.79 Å². The van der Waals surface area contributed by atoms with E-state index in [1.165, 1.54) is 19.1 Å². The van der Waals surface area contributed by atoms with Gasteiger partial charge in [0.25, 0.3) is 5.91 Å². The summed E-state index contributed by atoms with van der Waals surface area (Å²) in [6.07, 6.45) is 8.29. The first kappa shape index (κ1) is 57.8. The maximum atomic E-state index is 14.9. The van der Waals surface area contributed by atoms with Gasteiger partial charge in [-0.1, -0.05) is 71.1 Å². The molecule has 3 heterocycles. The number of ketones is 2. The van der Waals surface area contributed by atoms with Crippen molar-refractivity contribution in [3.8, 4) is 0 Å². The lowest BCUT2D eigenvalue weighted by atomic mass is 9.78. The molecule has 0 aromatic carbocycles. The van der Waals surface area contributed by atoms with E-state index in [1.54, 1.807) is 41.1 Å². The molecule has 0 radical (unpaired) electrons. The smallest absolute Gasteiger partial charge is 0.407 e. The summed E-state index contributed by atoms with van der Waals surface area (Å²) in [5.41, 5.74) is 1.18. The molecule has 0 spiro atoms. The first-order valence-corrected chi connectivity index (χ1v) is 25.2. The third-order valence-corrected chi connectivity index (χ3v) is 15.1. The molecular weight excluding hydrogens is 889 g/mol. The molecule has 2 saturated heterocycles. The van der Waals surface area contributed by atoms with Crippen molar-refractivity contribution in [2.75, 3.05) is 34.9 Å². The molecule has 1 saturated carbocycles. The Bertz CT molecular complexity index is 1850. The van der Waals surface area contributed by atoms with Crippen LogP contribution < -0.4 is 5.32 Å². The number of Topliss-reactive ketones (excluding diaryl/α,β-unsaturated/α-hetero) is 2. The lowest BCUT2D eigenvalue weighted by molar-refractivity contribution is -0.316. The molecule has 3 aliphatic heterocycles. The van der Waals surface area contributed by atoms with E-state index in [0.717, 1.165) is 5.57 Å². The number of amides is 2. The van der Waals surface area contributed by atoms with Crippen LogP contribution in [0.3, 0.4) is 0 Å². The average molecular weight is 973 g/mol. The highest BCUT2D eigenvalue weighted by atomic mass is 16.7. The van der Waals surface area contributed by atoms with Crippen LogP contribution in [0.1, 0.15) is 126 Å². The highest BCUT2D eigenvalue weighted by Crippen LogP contribution is 2.40. The van der Waals surface area contributed by atoms with Gasteiger partial charge in [0, 0.05) is 65.5 Å². The maximum Gasteiger partial charge on any atom is 0.407 e. The van der Waals surface area contributed by atoms with Crippen LogP contribution >= 0.6 is 0 Å². The van der Waals surface area contributed by atoms with Gasteiger partial charge < -0.3 is 54.0 Å². The van der Waals surface area contributed by atoms with E-state index in [2.05, 4.69) is 5.32 Å². The summed E-state index contributed by atoms with van der Waals surface area (Å²) >= 11 is 0. The van der Waals surface area contributed by atoms with Gasteiger partial charge in [0.2, 0.25) is 11.9 Å². The minimum absolute atomic E-state index is 0.0113. The van der Waals surface area contributed by atoms with Crippen molar-refractivity contribution in [1.82, 2.24) is 10.2 Å². The lowest BCUT2D eigenvalue weighted by Crippen LogP contribution is -2.64. The number of alkyl carbamates (subject to hydrolysis) is 1. The molecule has 1 aliphatic carbocycles. The van der Waals surface area contributed by atoms with Crippen LogP contribution in [-0.4, -0.2) is 145 Å². The van der Waals surface area contributed by atoms with Crippen LogP contribution in [0, 0.1) is 35.5 Å². The fourth-order valence-electron chi connectivity index (χ4n) is 10.6. The predicted molar refractivity (Wildman–Crippen MR) is 259 cm³/mol. The Kier molecular flexibility index (Phi) is 22.8. The molecule has 4 rings (SSSR count). The summed E-state index contributed by atoms with van der Waals surface area (Å²) in [7, 11) is 5.87. The van der Waals surface area contributed by atoms with Gasteiger partial charge in [0.1, 0.15) is 18.2 Å². The van der Waals surface area contributed by atoms with Crippen molar-refractivity contribution in [1.29, 1.82) is 0 Å². The summed E-state index contributed by atoms with van der Waals surface area (Å²) in [6, 6.07) is -1.14. The zero-order valence-electron chi connectivity index (χ0n) is 43.1. The van der Waals surface area contributed by atoms with Gasteiger partial charge in [-0.3, -0.25) is 14.4 Å². The van der Waals surface area contributed by atoms with Gasteiger partial charge in [-0.05, 0) is 107 Å². The van der Waals surface area contributed by atoms with E-state index < -0.39 is 90.3 Å². The first-order valence-electron chi connectivity index (χ1n) is 25.2. The monoisotopic (exact) mass is 973 g/mol. The van der Waals surface area contributed by atoms with Crippen LogP contribution in [0.25, 0.3) is 0 Å². The minimum atomic E-state index is -2.28. The molecular formula is C53H84N2O14. The third-order valence-electron chi connectivity index (χ3n) is 15.1. The van der Waals surface area contributed by atoms with Crippen molar-refractivity contribution >= 4 is 29.5 Å². The molecule has 16 atom stereocenters. The van der Waals surface area contributed by atoms with E-state index >= 15 is 0 Å². The Hall–Kier alpha value is -3.77. The van der Waals surface area contributed by atoms with Crippen molar-refractivity contribution in [2.24, 2.45) is 35.5 Å². The van der Waals surface area contributed by atoms with E-state index in [-0.39, 0.29) is 54.8 Å². The number of fused-ring (bicyclic) bond motifs is 3. The summed E-state index contributed by atoms with van der Waals surface area (Å²) < 4.78 is 35.6. The largest absolute Gasteiger partial charge is 0.460 e. The summed E-state index contributed by atoms with van der Waals surface area (Å²) in [5.74, 6) is -6.46. The molecule has 4 N–H and O–H groups in total. The molecule has 2 bridgehead atoms. The minimum Gasteiger partial charge on any atom is -0.460 e. The molecule has 390 valence electrons. The number of piperidine rings is 1. The number of hydrogen-bond donors (Lipinski definition) is 4. The highest BCUT2D eigenvalue weighted by molar-refractivity contribution is 5.95. The van der Waals surface area contributed by atoms with E-state index in [1.807, 2.05) is 58.1 Å². The number of cyclic esters (lactones) is 1. The summed E-state index contributed by atoms with van der Waals surface area (Å²) in [6.45, 7) is 12.8. The average Bonchev–Trinajstić information content (AvgIpc) is 3.32.